The SMILES string of the molecule is CCCCCC(=O)NCC(=O)N1CCCC1. The smallest absolute Gasteiger partial charge is 0.241 e. The van der Waals surface area contributed by atoms with Gasteiger partial charge in [0.2, 0.25) is 11.8 Å². The number of rotatable bonds is 6. The third kappa shape index (κ3) is 4.64. The van der Waals surface area contributed by atoms with Crippen molar-refractivity contribution in [2.45, 2.75) is 45.4 Å². The molecule has 0 atom stereocenters. The number of hydrogen-bond donors (Lipinski definition) is 1. The average Bonchev–Trinajstić information content (AvgIpc) is 2.79. The van der Waals surface area contributed by atoms with Crippen LogP contribution < -0.4 is 5.32 Å². The second-order valence-electron chi connectivity index (χ2n) is 4.32. The molecule has 4 nitrogen and oxygen atoms in total. The van der Waals surface area contributed by atoms with Crippen LogP contribution in [0.1, 0.15) is 45.4 Å². The first kappa shape index (κ1) is 13.0. The molecule has 0 bridgehead atoms. The van der Waals surface area contributed by atoms with Crippen LogP contribution in [0.5, 0.6) is 0 Å². The highest BCUT2D eigenvalue weighted by molar-refractivity contribution is 5.84. The summed E-state index contributed by atoms with van der Waals surface area (Å²) in [5.41, 5.74) is 0. The summed E-state index contributed by atoms with van der Waals surface area (Å²) in [4.78, 5) is 24.8. The van der Waals surface area contributed by atoms with Crippen LogP contribution in [0, 0.1) is 0 Å². The normalized spacial score (nSPS) is 15.2. The summed E-state index contributed by atoms with van der Waals surface area (Å²) in [5.74, 6) is 0.0577. The van der Waals surface area contributed by atoms with Gasteiger partial charge < -0.3 is 10.2 Å². The zero-order chi connectivity index (χ0) is 11.8. The Morgan fingerprint density at radius 2 is 1.88 bits per heavy atom. The number of carbonyl (C=O) groups is 2. The number of nitrogens with zero attached hydrogens (tertiary/aromatic N) is 1. The Balaban J connectivity index is 2.08. The van der Waals surface area contributed by atoms with E-state index in [1.54, 1.807) is 0 Å². The lowest BCUT2D eigenvalue weighted by atomic mass is 10.2. The number of nitrogens with one attached hydrogen (secondary N) is 1. The summed E-state index contributed by atoms with van der Waals surface area (Å²) in [6.07, 6.45) is 5.83. The summed E-state index contributed by atoms with van der Waals surface area (Å²) in [7, 11) is 0. The molecule has 0 spiro atoms. The summed E-state index contributed by atoms with van der Waals surface area (Å²) in [5, 5.41) is 2.69. The van der Waals surface area contributed by atoms with Crippen molar-refractivity contribution in [2.75, 3.05) is 19.6 Å². The lowest BCUT2D eigenvalue weighted by Gasteiger charge is -2.15. The van der Waals surface area contributed by atoms with Crippen molar-refractivity contribution >= 4 is 11.8 Å². The minimum absolute atomic E-state index is 0.000923. The standard InChI is InChI=1S/C12H22N2O2/c1-2-3-4-7-11(15)13-10-12(16)14-8-5-6-9-14/h2-10H2,1H3,(H,13,15). The van der Waals surface area contributed by atoms with E-state index in [4.69, 9.17) is 0 Å². The van der Waals surface area contributed by atoms with Gasteiger partial charge in [0.15, 0.2) is 0 Å². The summed E-state index contributed by atoms with van der Waals surface area (Å²) < 4.78 is 0. The van der Waals surface area contributed by atoms with Crippen LogP contribution in [0.15, 0.2) is 0 Å². The topological polar surface area (TPSA) is 49.4 Å². The predicted molar refractivity (Wildman–Crippen MR) is 63.0 cm³/mol. The van der Waals surface area contributed by atoms with E-state index in [1.807, 2.05) is 4.90 Å². The number of carbonyl (C=O) groups excluding carboxylic acids is 2. The zero-order valence-corrected chi connectivity index (χ0v) is 10.1. The van der Waals surface area contributed by atoms with Gasteiger partial charge in [0.1, 0.15) is 0 Å². The van der Waals surface area contributed by atoms with E-state index in [-0.39, 0.29) is 18.4 Å². The first-order valence-corrected chi connectivity index (χ1v) is 6.28. The fraction of sp³-hybridized carbons (Fsp3) is 0.833. The van der Waals surface area contributed by atoms with Gasteiger partial charge in [-0.1, -0.05) is 19.8 Å². The summed E-state index contributed by atoms with van der Waals surface area (Å²) in [6.45, 7) is 3.98. The molecule has 1 aliphatic heterocycles. The minimum Gasteiger partial charge on any atom is -0.347 e. The first-order valence-electron chi connectivity index (χ1n) is 6.28. The molecule has 1 fully saturated rings. The molecule has 1 rings (SSSR count). The van der Waals surface area contributed by atoms with E-state index in [9.17, 15) is 9.59 Å². The van der Waals surface area contributed by atoms with Crippen molar-refractivity contribution in [1.29, 1.82) is 0 Å². The van der Waals surface area contributed by atoms with E-state index in [0.717, 1.165) is 45.2 Å². The number of hydrogen-bond acceptors (Lipinski definition) is 2. The molecule has 16 heavy (non-hydrogen) atoms. The predicted octanol–water partition coefficient (Wildman–Crippen LogP) is 1.31. The van der Waals surface area contributed by atoms with Crippen LogP contribution in [0.3, 0.4) is 0 Å². The molecular weight excluding hydrogens is 204 g/mol. The lowest BCUT2D eigenvalue weighted by molar-refractivity contribution is -0.132. The van der Waals surface area contributed by atoms with E-state index in [2.05, 4.69) is 12.2 Å². The lowest BCUT2D eigenvalue weighted by Crippen LogP contribution is -2.38. The Hall–Kier alpha value is -1.06. The Kier molecular flexibility index (Phi) is 5.90. The highest BCUT2D eigenvalue weighted by Crippen LogP contribution is 2.06. The van der Waals surface area contributed by atoms with Crippen molar-refractivity contribution in [3.63, 3.8) is 0 Å². The van der Waals surface area contributed by atoms with Crippen molar-refractivity contribution < 1.29 is 9.59 Å². The van der Waals surface area contributed by atoms with Gasteiger partial charge in [-0.05, 0) is 19.3 Å². The maximum absolute atomic E-state index is 11.6. The highest BCUT2D eigenvalue weighted by Gasteiger charge is 2.17. The molecule has 1 N–H and O–H groups in total. The quantitative estimate of drug-likeness (QED) is 0.694. The molecule has 2 amide bonds. The molecule has 0 aromatic rings. The van der Waals surface area contributed by atoms with Gasteiger partial charge in [0, 0.05) is 19.5 Å². The molecule has 1 saturated heterocycles. The summed E-state index contributed by atoms with van der Waals surface area (Å²) >= 11 is 0. The van der Waals surface area contributed by atoms with Gasteiger partial charge in [0.25, 0.3) is 0 Å². The zero-order valence-electron chi connectivity index (χ0n) is 10.1. The average molecular weight is 226 g/mol. The van der Waals surface area contributed by atoms with E-state index in [0.29, 0.717) is 6.42 Å². The maximum Gasteiger partial charge on any atom is 0.241 e. The molecule has 0 saturated carbocycles. The van der Waals surface area contributed by atoms with Gasteiger partial charge in [0.05, 0.1) is 6.54 Å². The molecule has 0 aromatic carbocycles. The van der Waals surface area contributed by atoms with Gasteiger partial charge in [-0.25, -0.2) is 0 Å². The molecule has 1 heterocycles. The molecular formula is C12H22N2O2. The third-order valence-corrected chi connectivity index (χ3v) is 2.90. The molecule has 0 aromatic heterocycles. The van der Waals surface area contributed by atoms with Crippen LogP contribution in [-0.2, 0) is 9.59 Å². The van der Waals surface area contributed by atoms with Crippen molar-refractivity contribution in [2.24, 2.45) is 0 Å². The van der Waals surface area contributed by atoms with E-state index >= 15 is 0 Å². The van der Waals surface area contributed by atoms with Gasteiger partial charge in [-0.2, -0.15) is 0 Å². The third-order valence-electron chi connectivity index (χ3n) is 2.90. The Morgan fingerprint density at radius 1 is 1.19 bits per heavy atom. The summed E-state index contributed by atoms with van der Waals surface area (Å²) in [6, 6.07) is 0. The fourth-order valence-electron chi connectivity index (χ4n) is 1.88. The number of amides is 2. The van der Waals surface area contributed by atoms with Crippen LogP contribution in [0.25, 0.3) is 0 Å². The van der Waals surface area contributed by atoms with Crippen molar-refractivity contribution in [3.8, 4) is 0 Å². The van der Waals surface area contributed by atoms with Crippen LogP contribution in [0.2, 0.25) is 0 Å². The van der Waals surface area contributed by atoms with Crippen LogP contribution in [0.4, 0.5) is 0 Å². The molecule has 92 valence electrons. The van der Waals surface area contributed by atoms with Gasteiger partial charge >= 0.3 is 0 Å². The van der Waals surface area contributed by atoms with Crippen LogP contribution in [-0.4, -0.2) is 36.3 Å². The largest absolute Gasteiger partial charge is 0.347 e. The maximum atomic E-state index is 11.6. The van der Waals surface area contributed by atoms with Crippen molar-refractivity contribution in [3.05, 3.63) is 0 Å². The fourth-order valence-corrected chi connectivity index (χ4v) is 1.88. The van der Waals surface area contributed by atoms with Gasteiger partial charge in [-0.15, -0.1) is 0 Å². The molecule has 0 aliphatic carbocycles. The minimum atomic E-state index is 0.000923. The molecule has 4 heteroatoms. The second kappa shape index (κ2) is 7.25. The Labute approximate surface area is 97.4 Å². The Morgan fingerprint density at radius 3 is 2.50 bits per heavy atom. The molecule has 0 radical (unpaired) electrons. The Bertz CT molecular complexity index is 235. The van der Waals surface area contributed by atoms with E-state index < -0.39 is 0 Å². The van der Waals surface area contributed by atoms with Crippen molar-refractivity contribution in [1.82, 2.24) is 10.2 Å². The molecule has 0 unspecified atom stereocenters. The highest BCUT2D eigenvalue weighted by atomic mass is 16.2. The number of unbranched alkanes of at least 4 members (excludes halogenated alkanes) is 2. The van der Waals surface area contributed by atoms with Crippen LogP contribution >= 0.6 is 0 Å². The monoisotopic (exact) mass is 226 g/mol. The van der Waals surface area contributed by atoms with E-state index in [1.165, 1.54) is 0 Å². The molecule has 1 aliphatic rings. The first-order chi connectivity index (χ1) is 7.74. The number of likely N-dealkylation sites (tertiary alicyclic amines) is 1. The second-order valence-corrected chi connectivity index (χ2v) is 4.32. The van der Waals surface area contributed by atoms with Gasteiger partial charge in [-0.3, -0.25) is 9.59 Å².